The highest BCUT2D eigenvalue weighted by Crippen LogP contribution is 2.24. The van der Waals surface area contributed by atoms with Crippen LogP contribution in [0, 0.1) is 0 Å². The predicted molar refractivity (Wildman–Crippen MR) is 124 cm³/mol. The molecule has 0 N–H and O–H groups in total. The van der Waals surface area contributed by atoms with E-state index in [0.29, 0.717) is 12.5 Å². The highest BCUT2D eigenvalue weighted by atomic mass is 16.5. The number of benzene rings is 2. The van der Waals surface area contributed by atoms with E-state index in [4.69, 9.17) is 9.47 Å². The minimum absolute atomic E-state index is 0.456. The number of methoxy groups -OCH3 is 1. The summed E-state index contributed by atoms with van der Waals surface area (Å²) in [6.45, 7) is 1.24. The summed E-state index contributed by atoms with van der Waals surface area (Å²) < 4.78 is 13.2. The lowest BCUT2D eigenvalue weighted by Gasteiger charge is -2.09. The molecule has 0 radical (unpaired) electrons. The van der Waals surface area contributed by atoms with E-state index in [1.165, 1.54) is 11.1 Å². The van der Waals surface area contributed by atoms with Crippen LogP contribution < -0.4 is 9.47 Å². The summed E-state index contributed by atoms with van der Waals surface area (Å²) in [5.41, 5.74) is 5.13. The van der Waals surface area contributed by atoms with E-state index in [0.717, 1.165) is 34.6 Å². The number of pyridine rings is 1. The van der Waals surface area contributed by atoms with Crippen LogP contribution in [0.2, 0.25) is 0 Å². The molecule has 0 fully saturated rings. The maximum absolute atomic E-state index is 5.91. The lowest BCUT2D eigenvalue weighted by molar-refractivity contribution is 0.302. The minimum Gasteiger partial charge on any atom is -0.487 e. The molecule has 3 heterocycles. The molecular formula is C26H22N4O2. The van der Waals surface area contributed by atoms with Gasteiger partial charge in [0.25, 0.3) is 0 Å². The molecule has 5 aromatic rings. The molecule has 0 spiro atoms. The normalized spacial score (nSPS) is 10.9. The van der Waals surface area contributed by atoms with Crippen molar-refractivity contribution < 1.29 is 9.47 Å². The molecule has 2 aromatic carbocycles. The summed E-state index contributed by atoms with van der Waals surface area (Å²) >= 11 is 0. The molecule has 6 heteroatoms. The second-order valence-corrected chi connectivity index (χ2v) is 7.43. The Morgan fingerprint density at radius 3 is 2.53 bits per heavy atom. The maximum atomic E-state index is 5.91. The van der Waals surface area contributed by atoms with Crippen molar-refractivity contribution in [2.24, 2.45) is 0 Å². The highest BCUT2D eigenvalue weighted by Gasteiger charge is 2.06. The van der Waals surface area contributed by atoms with Gasteiger partial charge in [0.1, 0.15) is 12.4 Å². The zero-order valence-electron chi connectivity index (χ0n) is 17.7. The van der Waals surface area contributed by atoms with Crippen molar-refractivity contribution in [1.82, 2.24) is 19.7 Å². The number of aromatic nitrogens is 4. The lowest BCUT2D eigenvalue weighted by atomic mass is 10.1. The third-order valence-corrected chi connectivity index (χ3v) is 5.31. The Hall–Kier alpha value is -4.19. The molecule has 0 unspecified atom stereocenters. The van der Waals surface area contributed by atoms with E-state index in [-0.39, 0.29) is 0 Å². The SMILES string of the molecule is COc1ccc(-c2ccc(Cn3ccc4cc(OCc5ccccn5)ccc43)cc2)nn1. The molecule has 5 rings (SSSR count). The van der Waals surface area contributed by atoms with Gasteiger partial charge in [0.05, 0.1) is 18.5 Å². The first kappa shape index (κ1) is 19.8. The topological polar surface area (TPSA) is 62.1 Å². The van der Waals surface area contributed by atoms with Gasteiger partial charge in [-0.25, -0.2) is 0 Å². The van der Waals surface area contributed by atoms with Gasteiger partial charge in [0, 0.05) is 41.5 Å². The Bertz CT molecular complexity index is 1310. The molecule has 0 atom stereocenters. The Labute approximate surface area is 186 Å². The first-order valence-corrected chi connectivity index (χ1v) is 10.4. The number of hydrogen-bond acceptors (Lipinski definition) is 5. The molecule has 158 valence electrons. The van der Waals surface area contributed by atoms with Crippen molar-refractivity contribution in [3.8, 4) is 22.9 Å². The van der Waals surface area contributed by atoms with Crippen molar-refractivity contribution in [1.29, 1.82) is 0 Å². The van der Waals surface area contributed by atoms with Gasteiger partial charge in [-0.2, -0.15) is 0 Å². The quantitative estimate of drug-likeness (QED) is 0.364. The predicted octanol–water partition coefficient (Wildman–Crippen LogP) is 5.13. The van der Waals surface area contributed by atoms with Gasteiger partial charge >= 0.3 is 0 Å². The molecule has 0 saturated heterocycles. The zero-order chi connectivity index (χ0) is 21.8. The van der Waals surface area contributed by atoms with Gasteiger partial charge in [-0.15, -0.1) is 10.2 Å². The molecule has 0 aliphatic rings. The largest absolute Gasteiger partial charge is 0.487 e. The summed E-state index contributed by atoms with van der Waals surface area (Å²) in [6.07, 6.45) is 3.88. The van der Waals surface area contributed by atoms with Crippen LogP contribution in [0.4, 0.5) is 0 Å². The fourth-order valence-electron chi connectivity index (χ4n) is 3.61. The number of hydrogen-bond donors (Lipinski definition) is 0. The fourth-order valence-corrected chi connectivity index (χ4v) is 3.61. The Morgan fingerprint density at radius 1 is 0.875 bits per heavy atom. The third kappa shape index (κ3) is 4.30. The number of rotatable bonds is 7. The van der Waals surface area contributed by atoms with Gasteiger partial charge in [0.15, 0.2) is 0 Å². The van der Waals surface area contributed by atoms with Crippen LogP contribution in [0.5, 0.6) is 11.6 Å². The summed E-state index contributed by atoms with van der Waals surface area (Å²) in [5.74, 6) is 1.35. The van der Waals surface area contributed by atoms with Gasteiger partial charge in [-0.3, -0.25) is 4.98 Å². The number of nitrogens with zero attached hydrogens (tertiary/aromatic N) is 4. The molecule has 3 aromatic heterocycles. The van der Waals surface area contributed by atoms with Crippen molar-refractivity contribution in [2.45, 2.75) is 13.2 Å². The molecule has 0 aliphatic heterocycles. The monoisotopic (exact) mass is 422 g/mol. The number of fused-ring (bicyclic) bond motifs is 1. The molecule has 0 bridgehead atoms. The molecule has 32 heavy (non-hydrogen) atoms. The maximum Gasteiger partial charge on any atom is 0.233 e. The van der Waals surface area contributed by atoms with Crippen LogP contribution in [0.25, 0.3) is 22.2 Å². The highest BCUT2D eigenvalue weighted by molar-refractivity contribution is 5.81. The van der Waals surface area contributed by atoms with E-state index in [1.807, 2.05) is 36.4 Å². The Balaban J connectivity index is 1.28. The van der Waals surface area contributed by atoms with E-state index < -0.39 is 0 Å². The molecule has 0 amide bonds. The van der Waals surface area contributed by atoms with Gasteiger partial charge in [-0.1, -0.05) is 30.3 Å². The first-order chi connectivity index (χ1) is 15.8. The molecule has 6 nitrogen and oxygen atoms in total. The van der Waals surface area contributed by atoms with Crippen molar-refractivity contribution in [3.63, 3.8) is 0 Å². The van der Waals surface area contributed by atoms with Crippen molar-refractivity contribution >= 4 is 10.9 Å². The Morgan fingerprint density at radius 2 is 1.78 bits per heavy atom. The van der Waals surface area contributed by atoms with Gasteiger partial charge in [0.2, 0.25) is 5.88 Å². The fraction of sp³-hybridized carbons (Fsp3) is 0.115. The second-order valence-electron chi connectivity index (χ2n) is 7.43. The van der Waals surface area contributed by atoms with E-state index >= 15 is 0 Å². The molecule has 0 aliphatic carbocycles. The standard InChI is InChI=1S/C26H22N4O2/c1-31-26-12-10-24(28-29-26)20-7-5-19(6-8-20)17-30-15-13-21-16-23(9-11-25(21)30)32-18-22-4-2-3-14-27-22/h2-16H,17-18H2,1H3. The van der Waals surface area contributed by atoms with Crippen molar-refractivity contribution in [2.75, 3.05) is 7.11 Å². The molecule has 0 saturated carbocycles. The van der Waals surface area contributed by atoms with Crippen molar-refractivity contribution in [3.05, 3.63) is 103 Å². The third-order valence-electron chi connectivity index (χ3n) is 5.31. The number of ether oxygens (including phenoxy) is 2. The van der Waals surface area contributed by atoms with E-state index in [1.54, 1.807) is 13.3 Å². The average molecular weight is 422 g/mol. The summed E-state index contributed by atoms with van der Waals surface area (Å²) in [4.78, 5) is 4.30. The van der Waals surface area contributed by atoms with Crippen LogP contribution in [0.3, 0.4) is 0 Å². The van der Waals surface area contributed by atoms with Crippen LogP contribution in [-0.4, -0.2) is 26.9 Å². The summed E-state index contributed by atoms with van der Waals surface area (Å²) in [6, 6.07) is 26.2. The van der Waals surface area contributed by atoms with E-state index in [9.17, 15) is 0 Å². The summed E-state index contributed by atoms with van der Waals surface area (Å²) in [5, 5.41) is 9.40. The zero-order valence-corrected chi connectivity index (χ0v) is 17.7. The van der Waals surface area contributed by atoms with Crippen LogP contribution in [-0.2, 0) is 13.2 Å². The second kappa shape index (κ2) is 8.89. The van der Waals surface area contributed by atoms with Crippen LogP contribution in [0.1, 0.15) is 11.3 Å². The minimum atomic E-state index is 0.456. The lowest BCUT2D eigenvalue weighted by Crippen LogP contribution is -1.99. The van der Waals surface area contributed by atoms with Crippen LogP contribution >= 0.6 is 0 Å². The van der Waals surface area contributed by atoms with Gasteiger partial charge in [-0.05, 0) is 48.0 Å². The smallest absolute Gasteiger partial charge is 0.233 e. The van der Waals surface area contributed by atoms with E-state index in [2.05, 4.69) is 68.4 Å². The van der Waals surface area contributed by atoms with Gasteiger partial charge < -0.3 is 14.0 Å². The first-order valence-electron chi connectivity index (χ1n) is 10.4. The van der Waals surface area contributed by atoms with Crippen LogP contribution in [0.15, 0.2) is 91.3 Å². The average Bonchev–Trinajstić information content (AvgIpc) is 3.26. The summed E-state index contributed by atoms with van der Waals surface area (Å²) in [7, 11) is 1.58. The Kier molecular flexibility index (Phi) is 5.49. The molecular weight excluding hydrogens is 400 g/mol.